The van der Waals surface area contributed by atoms with Crippen LogP contribution in [0.25, 0.3) is 0 Å². The molecule has 97 valence electrons. The minimum Gasteiger partial charge on any atom is -0.137 e. The molecule has 4 heterocycles. The van der Waals surface area contributed by atoms with E-state index in [1.54, 1.807) is 6.42 Å². The van der Waals surface area contributed by atoms with Crippen molar-refractivity contribution < 1.29 is 0 Å². The van der Waals surface area contributed by atoms with Gasteiger partial charge in [0.2, 0.25) is 0 Å². The molecule has 4 rings (SSSR count). The second-order valence-electron chi connectivity index (χ2n) is 7.13. The molecule has 2 bridgehead atoms. The zero-order chi connectivity index (χ0) is 12.5. The summed E-state index contributed by atoms with van der Waals surface area (Å²) in [6, 6.07) is 0. The smallest absolute Gasteiger partial charge is 0.0953 e. The Morgan fingerprint density at radius 3 is 2.72 bits per heavy atom. The Hall–Kier alpha value is 0.625. The van der Waals surface area contributed by atoms with Crippen LogP contribution in [0.5, 0.6) is 0 Å². The molecular weight excluding hydrogens is 232 g/mol. The summed E-state index contributed by atoms with van der Waals surface area (Å²) in [5, 5.41) is 0. The second-order valence-corrected chi connectivity index (χ2v) is 7.60. The standard InChI is InChI=1S/C14H27B3P/c1-2-4-11-5-3-8-15-14-16-13(17(14)16)7-6-12(9-11)10-18/h11-14H,2-10,18H2,1H3. The van der Waals surface area contributed by atoms with Gasteiger partial charge in [-0.05, 0) is 24.4 Å². The molecule has 0 aromatic carbocycles. The fourth-order valence-corrected chi connectivity index (χ4v) is 5.10. The van der Waals surface area contributed by atoms with Crippen molar-refractivity contribution in [1.82, 2.24) is 0 Å². The van der Waals surface area contributed by atoms with Crippen LogP contribution in [-0.2, 0) is 0 Å². The van der Waals surface area contributed by atoms with Gasteiger partial charge in [0.1, 0.15) is 0 Å². The molecule has 4 saturated heterocycles. The van der Waals surface area contributed by atoms with E-state index in [0.29, 0.717) is 0 Å². The van der Waals surface area contributed by atoms with Crippen molar-refractivity contribution in [2.24, 2.45) is 11.8 Å². The lowest BCUT2D eigenvalue weighted by atomic mass is 9.45. The van der Waals surface area contributed by atoms with Crippen LogP contribution in [0.15, 0.2) is 0 Å². The van der Waals surface area contributed by atoms with Gasteiger partial charge in [-0.2, -0.15) is 0 Å². The molecule has 1 radical (unpaired) electrons. The van der Waals surface area contributed by atoms with E-state index in [0.717, 1.165) is 23.2 Å². The highest BCUT2D eigenvalue weighted by atomic mass is 31.0. The highest BCUT2D eigenvalue weighted by Crippen LogP contribution is 2.65. The van der Waals surface area contributed by atoms with E-state index >= 15 is 0 Å². The zero-order valence-electron chi connectivity index (χ0n) is 12.0. The van der Waals surface area contributed by atoms with Gasteiger partial charge < -0.3 is 0 Å². The quantitative estimate of drug-likeness (QED) is 0.533. The van der Waals surface area contributed by atoms with Crippen molar-refractivity contribution in [2.75, 3.05) is 6.16 Å². The third kappa shape index (κ3) is 2.87. The summed E-state index contributed by atoms with van der Waals surface area (Å²) in [6.45, 7) is 4.69. The first-order chi connectivity index (χ1) is 8.85. The van der Waals surface area contributed by atoms with Gasteiger partial charge in [0.25, 0.3) is 0 Å². The molecule has 4 aliphatic heterocycles. The topological polar surface area (TPSA) is 0 Å². The maximum absolute atomic E-state index is 3.02. The molecule has 0 spiro atoms. The van der Waals surface area contributed by atoms with Crippen molar-refractivity contribution in [3.8, 4) is 0 Å². The van der Waals surface area contributed by atoms with Crippen molar-refractivity contribution in [3.63, 3.8) is 0 Å². The monoisotopic (exact) mass is 259 g/mol. The number of hydrogen-bond donors (Lipinski definition) is 0. The third-order valence-corrected chi connectivity index (χ3v) is 6.57. The van der Waals surface area contributed by atoms with E-state index in [9.17, 15) is 0 Å². The summed E-state index contributed by atoms with van der Waals surface area (Å²) in [5.74, 6) is 2.03. The van der Waals surface area contributed by atoms with Crippen LogP contribution in [0, 0.1) is 11.8 Å². The molecule has 0 aromatic rings. The zero-order valence-corrected chi connectivity index (χ0v) is 13.1. The van der Waals surface area contributed by atoms with Crippen molar-refractivity contribution >= 4 is 29.7 Å². The molecular formula is C14H27B3P. The fraction of sp³-hybridized carbons (Fsp3) is 1.00. The molecule has 3 unspecified atom stereocenters. The molecule has 4 heteroatoms. The Morgan fingerprint density at radius 2 is 2.00 bits per heavy atom. The lowest BCUT2D eigenvalue weighted by Gasteiger charge is -2.25. The van der Waals surface area contributed by atoms with Crippen LogP contribution in [0.3, 0.4) is 0 Å². The van der Waals surface area contributed by atoms with E-state index < -0.39 is 0 Å². The molecule has 18 heavy (non-hydrogen) atoms. The third-order valence-electron chi connectivity index (χ3n) is 5.90. The van der Waals surface area contributed by atoms with Gasteiger partial charge in [-0.15, -0.1) is 14.9 Å². The highest BCUT2D eigenvalue weighted by molar-refractivity contribution is 7.64. The fourth-order valence-electron chi connectivity index (χ4n) is 4.67. The summed E-state index contributed by atoms with van der Waals surface area (Å²) in [7, 11) is 5.70. The maximum atomic E-state index is 3.02. The normalized spacial score (nSPS) is 39.2. The van der Waals surface area contributed by atoms with Crippen molar-refractivity contribution in [1.29, 1.82) is 0 Å². The van der Waals surface area contributed by atoms with Crippen LogP contribution in [0.2, 0.25) is 17.7 Å². The molecule has 4 fully saturated rings. The summed E-state index contributed by atoms with van der Waals surface area (Å²) >= 11 is 0. The molecule has 0 amide bonds. The lowest BCUT2D eigenvalue weighted by Crippen LogP contribution is -2.15. The van der Waals surface area contributed by atoms with Crippen LogP contribution in [0.4, 0.5) is 0 Å². The SMILES string of the molecule is CCCC1CCC[B]C2B3B2C3CCC(CP)C1. The van der Waals surface area contributed by atoms with Gasteiger partial charge in [-0.1, -0.05) is 57.5 Å². The van der Waals surface area contributed by atoms with Crippen LogP contribution in [-0.4, -0.2) is 26.6 Å². The van der Waals surface area contributed by atoms with Crippen LogP contribution in [0.1, 0.15) is 51.9 Å². The van der Waals surface area contributed by atoms with Gasteiger partial charge in [0.15, 0.2) is 0 Å². The maximum Gasteiger partial charge on any atom is 0.0953 e. The van der Waals surface area contributed by atoms with Crippen molar-refractivity contribution in [2.45, 2.75) is 69.5 Å². The van der Waals surface area contributed by atoms with E-state index in [2.05, 4.69) is 23.4 Å². The van der Waals surface area contributed by atoms with Gasteiger partial charge >= 0.3 is 0 Å². The van der Waals surface area contributed by atoms with E-state index in [1.807, 2.05) is 0 Å². The van der Waals surface area contributed by atoms with E-state index in [1.165, 1.54) is 64.2 Å². The summed E-state index contributed by atoms with van der Waals surface area (Å²) in [5.41, 5.74) is 2.24. The minimum absolute atomic E-state index is 1.01. The Kier molecular flexibility index (Phi) is 4.49. The van der Waals surface area contributed by atoms with Gasteiger partial charge in [-0.3, -0.25) is 0 Å². The number of fused-ring (bicyclic) bond motifs is 8. The molecule has 0 N–H and O–H groups in total. The predicted octanol–water partition coefficient (Wildman–Crippen LogP) is 3.85. The van der Waals surface area contributed by atoms with Crippen molar-refractivity contribution in [3.05, 3.63) is 0 Å². The second kappa shape index (κ2) is 5.95. The van der Waals surface area contributed by atoms with E-state index in [4.69, 9.17) is 0 Å². The Morgan fingerprint density at radius 1 is 1.17 bits per heavy atom. The largest absolute Gasteiger partial charge is 0.137 e. The number of hydrogen-bond acceptors (Lipinski definition) is 0. The van der Waals surface area contributed by atoms with Gasteiger partial charge in [-0.25, -0.2) is 0 Å². The molecule has 0 nitrogen and oxygen atoms in total. The minimum atomic E-state index is 1.01. The molecule has 4 aliphatic rings. The molecule has 0 aliphatic carbocycles. The average Bonchev–Trinajstić information content (AvgIpc) is 3.23. The first-order valence-electron chi connectivity index (χ1n) is 8.38. The molecule has 3 atom stereocenters. The summed E-state index contributed by atoms with van der Waals surface area (Å²) < 4.78 is 0. The van der Waals surface area contributed by atoms with E-state index in [-0.39, 0.29) is 0 Å². The molecule has 0 saturated carbocycles. The first-order valence-corrected chi connectivity index (χ1v) is 9.20. The number of rotatable bonds is 3. The van der Waals surface area contributed by atoms with Crippen LogP contribution < -0.4 is 0 Å². The first kappa shape index (κ1) is 13.6. The molecule has 0 aromatic heterocycles. The lowest BCUT2D eigenvalue weighted by molar-refractivity contribution is 0.334. The Labute approximate surface area is 117 Å². The Bertz CT molecular complexity index is 276. The van der Waals surface area contributed by atoms with Gasteiger partial charge in [0, 0.05) is 0 Å². The van der Waals surface area contributed by atoms with Gasteiger partial charge in [0.05, 0.1) is 20.5 Å². The summed E-state index contributed by atoms with van der Waals surface area (Å²) in [6.07, 6.45) is 13.2. The predicted molar refractivity (Wildman–Crippen MR) is 89.1 cm³/mol. The average molecular weight is 259 g/mol. The highest BCUT2D eigenvalue weighted by Gasteiger charge is 2.75. The Balaban J connectivity index is 1.52. The van der Waals surface area contributed by atoms with Crippen LogP contribution >= 0.6 is 9.24 Å². The summed E-state index contributed by atoms with van der Waals surface area (Å²) in [4.78, 5) is 0.